The van der Waals surface area contributed by atoms with Crippen LogP contribution < -0.4 is 10.9 Å². The van der Waals surface area contributed by atoms with E-state index >= 15 is 0 Å². The van der Waals surface area contributed by atoms with Crippen LogP contribution in [0.15, 0.2) is 11.0 Å². The smallest absolute Gasteiger partial charge is 0.287 e. The Hall–Kier alpha value is -1.03. The van der Waals surface area contributed by atoms with Crippen molar-refractivity contribution in [2.24, 2.45) is 5.41 Å². The first-order valence-electron chi connectivity index (χ1n) is 7.98. The van der Waals surface area contributed by atoms with Gasteiger partial charge in [-0.3, -0.25) is 4.79 Å². The SMILES string of the molecule is CCCCn1ncc(NC2CCCCC2(C)C)c(Cl)c1=O. The summed E-state index contributed by atoms with van der Waals surface area (Å²) in [5.41, 5.74) is 0.705. The first-order valence-corrected chi connectivity index (χ1v) is 8.35. The standard InChI is InChI=1S/C16H26ClN3O/c1-4-5-10-20-15(21)14(17)12(11-18-20)19-13-8-6-7-9-16(13,2)3/h11,13,19H,4-10H2,1-3H3. The van der Waals surface area contributed by atoms with Gasteiger partial charge in [0.05, 0.1) is 11.9 Å². The van der Waals surface area contributed by atoms with Crippen LogP contribution >= 0.6 is 11.6 Å². The fourth-order valence-corrected chi connectivity index (χ4v) is 3.18. The molecule has 1 N–H and O–H groups in total. The van der Waals surface area contributed by atoms with E-state index in [0.717, 1.165) is 19.3 Å². The van der Waals surface area contributed by atoms with Crippen molar-refractivity contribution in [1.29, 1.82) is 0 Å². The van der Waals surface area contributed by atoms with E-state index in [1.54, 1.807) is 6.20 Å². The fourth-order valence-electron chi connectivity index (χ4n) is 2.98. The zero-order chi connectivity index (χ0) is 15.5. The summed E-state index contributed by atoms with van der Waals surface area (Å²) in [6.07, 6.45) is 8.47. The van der Waals surface area contributed by atoms with E-state index < -0.39 is 0 Å². The highest BCUT2D eigenvalue weighted by Crippen LogP contribution is 2.37. The summed E-state index contributed by atoms with van der Waals surface area (Å²) in [5, 5.41) is 7.97. The van der Waals surface area contributed by atoms with Gasteiger partial charge in [-0.05, 0) is 24.7 Å². The Kier molecular flexibility index (Phi) is 5.31. The molecule has 0 radical (unpaired) electrons. The molecule has 1 aliphatic rings. The molecule has 4 nitrogen and oxygen atoms in total. The Balaban J connectivity index is 2.17. The lowest BCUT2D eigenvalue weighted by molar-refractivity contribution is 0.217. The summed E-state index contributed by atoms with van der Waals surface area (Å²) in [6, 6.07) is 0.344. The topological polar surface area (TPSA) is 46.9 Å². The number of aromatic nitrogens is 2. The molecule has 1 atom stereocenters. The monoisotopic (exact) mass is 311 g/mol. The molecule has 0 aromatic carbocycles. The fraction of sp³-hybridized carbons (Fsp3) is 0.750. The molecule has 1 saturated carbocycles. The Labute approximate surface area is 131 Å². The van der Waals surface area contributed by atoms with E-state index in [2.05, 4.69) is 31.2 Å². The average Bonchev–Trinajstić information content (AvgIpc) is 2.45. The van der Waals surface area contributed by atoms with Gasteiger partial charge in [0.25, 0.3) is 5.56 Å². The third-order valence-corrected chi connectivity index (χ3v) is 4.91. The first kappa shape index (κ1) is 16.3. The molecule has 5 heteroatoms. The maximum atomic E-state index is 12.2. The summed E-state index contributed by atoms with van der Waals surface area (Å²) in [5.74, 6) is 0. The minimum Gasteiger partial charge on any atom is -0.379 e. The summed E-state index contributed by atoms with van der Waals surface area (Å²) >= 11 is 6.25. The maximum Gasteiger partial charge on any atom is 0.287 e. The van der Waals surface area contributed by atoms with Crippen molar-refractivity contribution in [3.63, 3.8) is 0 Å². The summed E-state index contributed by atoms with van der Waals surface area (Å²) in [6.45, 7) is 7.26. The van der Waals surface area contributed by atoms with Crippen molar-refractivity contribution in [3.8, 4) is 0 Å². The molecule has 1 fully saturated rings. The van der Waals surface area contributed by atoms with Crippen LogP contribution in [0.4, 0.5) is 5.69 Å². The van der Waals surface area contributed by atoms with E-state index in [1.807, 2.05) is 0 Å². The Bertz CT molecular complexity index is 539. The highest BCUT2D eigenvalue weighted by molar-refractivity contribution is 6.32. The van der Waals surface area contributed by atoms with Crippen LogP contribution in [-0.4, -0.2) is 15.8 Å². The van der Waals surface area contributed by atoms with Crippen LogP contribution in [0.1, 0.15) is 59.3 Å². The van der Waals surface area contributed by atoms with Crippen molar-refractivity contribution in [3.05, 3.63) is 21.6 Å². The molecule has 1 aromatic heterocycles. The van der Waals surface area contributed by atoms with Gasteiger partial charge in [0.2, 0.25) is 0 Å². The molecular formula is C16H26ClN3O. The predicted molar refractivity (Wildman–Crippen MR) is 88.1 cm³/mol. The third kappa shape index (κ3) is 3.79. The number of rotatable bonds is 5. The van der Waals surface area contributed by atoms with Gasteiger partial charge >= 0.3 is 0 Å². The Morgan fingerprint density at radius 3 is 2.90 bits per heavy atom. The minimum absolute atomic E-state index is 0.191. The molecule has 0 spiro atoms. The molecule has 1 unspecified atom stereocenters. The second-order valence-electron chi connectivity index (χ2n) is 6.69. The van der Waals surface area contributed by atoms with Crippen LogP contribution in [0.25, 0.3) is 0 Å². The number of aryl methyl sites for hydroxylation is 1. The average molecular weight is 312 g/mol. The lowest BCUT2D eigenvalue weighted by atomic mass is 9.73. The number of hydrogen-bond donors (Lipinski definition) is 1. The normalized spacial score (nSPS) is 21.2. The van der Waals surface area contributed by atoms with Crippen molar-refractivity contribution < 1.29 is 0 Å². The highest BCUT2D eigenvalue weighted by atomic mass is 35.5. The van der Waals surface area contributed by atoms with E-state index in [-0.39, 0.29) is 16.0 Å². The van der Waals surface area contributed by atoms with Gasteiger partial charge in [-0.2, -0.15) is 5.10 Å². The molecule has 1 aliphatic carbocycles. The molecule has 0 amide bonds. The molecular weight excluding hydrogens is 286 g/mol. The van der Waals surface area contributed by atoms with Crippen LogP contribution in [-0.2, 0) is 6.54 Å². The molecule has 0 bridgehead atoms. The summed E-state index contributed by atoms with van der Waals surface area (Å²) in [4.78, 5) is 12.2. The Morgan fingerprint density at radius 2 is 2.24 bits per heavy atom. The van der Waals surface area contributed by atoms with E-state index in [4.69, 9.17) is 11.6 Å². The van der Waals surface area contributed by atoms with E-state index in [9.17, 15) is 4.79 Å². The van der Waals surface area contributed by atoms with Gasteiger partial charge in [-0.1, -0.05) is 51.6 Å². The van der Waals surface area contributed by atoms with Crippen LogP contribution in [0.2, 0.25) is 5.02 Å². The number of nitrogens with one attached hydrogen (secondary N) is 1. The van der Waals surface area contributed by atoms with Crippen molar-refractivity contribution in [1.82, 2.24) is 9.78 Å². The largest absolute Gasteiger partial charge is 0.379 e. The molecule has 1 aromatic rings. The van der Waals surface area contributed by atoms with Gasteiger partial charge in [0.15, 0.2) is 0 Å². The number of halogens is 1. The Morgan fingerprint density at radius 1 is 1.48 bits per heavy atom. The number of hydrogen-bond acceptors (Lipinski definition) is 3. The maximum absolute atomic E-state index is 12.2. The summed E-state index contributed by atoms with van der Waals surface area (Å²) in [7, 11) is 0. The number of unbranched alkanes of at least 4 members (excludes halogenated alkanes) is 1. The van der Waals surface area contributed by atoms with Gasteiger partial charge in [-0.15, -0.1) is 0 Å². The van der Waals surface area contributed by atoms with Gasteiger partial charge in [0, 0.05) is 12.6 Å². The quantitative estimate of drug-likeness (QED) is 0.891. The molecule has 0 saturated heterocycles. The summed E-state index contributed by atoms with van der Waals surface area (Å²) < 4.78 is 1.46. The zero-order valence-corrected chi connectivity index (χ0v) is 14.0. The van der Waals surface area contributed by atoms with Crippen LogP contribution in [0.5, 0.6) is 0 Å². The number of anilines is 1. The van der Waals surface area contributed by atoms with E-state index in [0.29, 0.717) is 18.3 Å². The van der Waals surface area contributed by atoms with Crippen molar-refractivity contribution in [2.45, 2.75) is 71.9 Å². The lowest BCUT2D eigenvalue weighted by Gasteiger charge is -2.39. The van der Waals surface area contributed by atoms with Gasteiger partial charge in [0.1, 0.15) is 5.02 Å². The third-order valence-electron chi connectivity index (χ3n) is 4.55. The minimum atomic E-state index is -0.191. The lowest BCUT2D eigenvalue weighted by Crippen LogP contribution is -2.39. The first-order chi connectivity index (χ1) is 9.95. The van der Waals surface area contributed by atoms with Crippen molar-refractivity contribution >= 4 is 17.3 Å². The molecule has 2 rings (SSSR count). The second kappa shape index (κ2) is 6.82. The molecule has 1 heterocycles. The second-order valence-corrected chi connectivity index (χ2v) is 7.06. The molecule has 0 aliphatic heterocycles. The zero-order valence-electron chi connectivity index (χ0n) is 13.3. The van der Waals surface area contributed by atoms with Gasteiger partial charge in [-0.25, -0.2) is 4.68 Å². The van der Waals surface area contributed by atoms with Crippen LogP contribution in [0.3, 0.4) is 0 Å². The van der Waals surface area contributed by atoms with Crippen LogP contribution in [0, 0.1) is 5.41 Å². The molecule has 118 valence electrons. The number of nitrogens with zero attached hydrogens (tertiary/aromatic N) is 2. The highest BCUT2D eigenvalue weighted by Gasteiger charge is 2.32. The molecule has 21 heavy (non-hydrogen) atoms. The van der Waals surface area contributed by atoms with Crippen molar-refractivity contribution in [2.75, 3.05) is 5.32 Å². The van der Waals surface area contributed by atoms with E-state index in [1.165, 1.54) is 23.9 Å². The predicted octanol–water partition coefficient (Wildman–Crippen LogP) is 4.08. The van der Waals surface area contributed by atoms with Gasteiger partial charge < -0.3 is 5.32 Å².